The second-order valence-corrected chi connectivity index (χ2v) is 8.02. The predicted molar refractivity (Wildman–Crippen MR) is 86.1 cm³/mol. The van der Waals surface area contributed by atoms with E-state index in [4.69, 9.17) is 17.0 Å². The van der Waals surface area contributed by atoms with Crippen LogP contribution in [0.2, 0.25) is 0 Å². The van der Waals surface area contributed by atoms with Crippen LogP contribution in [0.1, 0.15) is 34.6 Å². The molecule has 5 nitrogen and oxygen atoms in total. The third kappa shape index (κ3) is 4.79. The zero-order valence-corrected chi connectivity index (χ0v) is 14.4. The summed E-state index contributed by atoms with van der Waals surface area (Å²) in [5.41, 5.74) is -0.646. The second-order valence-electron chi connectivity index (χ2n) is 6.38. The molecule has 0 aromatic heterocycles. The fourth-order valence-corrected chi connectivity index (χ4v) is 3.93. The Bertz CT molecular complexity index is 380. The number of nitrogens with one attached hydrogen (secondary N) is 1. The van der Waals surface area contributed by atoms with E-state index in [-0.39, 0.29) is 24.1 Å². The highest BCUT2D eigenvalue weighted by atomic mass is 32.2. The Hall–Kier alpha value is -0.530. The minimum atomic E-state index is -0.526. The average Bonchev–Trinajstić information content (AvgIpc) is 2.59. The molecule has 0 radical (unpaired) electrons. The van der Waals surface area contributed by atoms with E-state index in [0.717, 1.165) is 5.75 Å². The number of ether oxygens (including phenoxy) is 1. The van der Waals surface area contributed by atoms with Crippen molar-refractivity contribution in [3.05, 3.63) is 0 Å². The molecule has 116 valence electrons. The lowest BCUT2D eigenvalue weighted by Gasteiger charge is -2.36. The summed E-state index contributed by atoms with van der Waals surface area (Å²) in [4.78, 5) is 14.2. The Labute approximate surface area is 130 Å². The van der Waals surface area contributed by atoms with Crippen molar-refractivity contribution >= 4 is 35.1 Å². The maximum atomic E-state index is 11.6. The van der Waals surface area contributed by atoms with Crippen LogP contribution in [0.15, 0.2) is 0 Å². The third-order valence-corrected chi connectivity index (χ3v) is 4.74. The fraction of sp³-hybridized carbons (Fsp3) is 0.846. The Morgan fingerprint density at radius 3 is 2.65 bits per heavy atom. The number of aliphatic hydroxyl groups is 1. The van der Waals surface area contributed by atoms with Gasteiger partial charge in [0.05, 0.1) is 23.5 Å². The summed E-state index contributed by atoms with van der Waals surface area (Å²) in [7, 11) is 0. The van der Waals surface area contributed by atoms with Gasteiger partial charge in [-0.25, -0.2) is 4.79 Å². The van der Waals surface area contributed by atoms with Crippen molar-refractivity contribution in [1.29, 1.82) is 0 Å². The lowest BCUT2D eigenvalue weighted by atomic mass is 10.1. The van der Waals surface area contributed by atoms with Gasteiger partial charge in [0.2, 0.25) is 0 Å². The highest BCUT2D eigenvalue weighted by Gasteiger charge is 2.40. The van der Waals surface area contributed by atoms with E-state index >= 15 is 0 Å². The smallest absolute Gasteiger partial charge is 0.408 e. The van der Waals surface area contributed by atoms with Crippen molar-refractivity contribution < 1.29 is 14.6 Å². The van der Waals surface area contributed by atoms with Gasteiger partial charge in [0.1, 0.15) is 5.60 Å². The quantitative estimate of drug-likeness (QED) is 0.776. The van der Waals surface area contributed by atoms with Gasteiger partial charge in [0.15, 0.2) is 0 Å². The van der Waals surface area contributed by atoms with Crippen LogP contribution in [0.3, 0.4) is 0 Å². The maximum absolute atomic E-state index is 11.6. The number of carbonyl (C=O) groups excluding carboxylic acids is 1. The highest BCUT2D eigenvalue weighted by Crippen LogP contribution is 2.36. The topological polar surface area (TPSA) is 61.8 Å². The number of hydrogen-bond donors (Lipinski definition) is 2. The summed E-state index contributed by atoms with van der Waals surface area (Å²) in [5, 5.41) is 12.0. The number of alkyl carbamates (subject to hydrolysis) is 1. The number of amides is 1. The molecule has 1 atom stereocenters. The first-order valence-corrected chi connectivity index (χ1v) is 8.04. The van der Waals surface area contributed by atoms with Gasteiger partial charge in [-0.15, -0.1) is 11.8 Å². The number of aliphatic hydroxyl groups excluding tert-OH is 1. The Balaban J connectivity index is 2.56. The standard InChI is InChI=1S/C13H24N2O3S2/c1-12(2,3)18-11(17)14-6-9(19)15-10(7-16)20-8-13(15,4)5/h10,16H,6-8H2,1-5H3,(H,14,17). The number of thiocarbonyl (C=S) groups is 1. The zero-order valence-electron chi connectivity index (χ0n) is 12.7. The lowest BCUT2D eigenvalue weighted by Crippen LogP contribution is -2.51. The van der Waals surface area contributed by atoms with Crippen LogP contribution < -0.4 is 5.32 Å². The van der Waals surface area contributed by atoms with Gasteiger partial charge in [-0.05, 0) is 34.6 Å². The maximum Gasteiger partial charge on any atom is 0.408 e. The SMILES string of the molecule is CC(C)(C)OC(=O)NCC(=S)N1C(CO)SCC1(C)C. The van der Waals surface area contributed by atoms with E-state index in [1.54, 1.807) is 11.8 Å². The first-order valence-electron chi connectivity index (χ1n) is 6.58. The summed E-state index contributed by atoms with van der Waals surface area (Å²) in [6.07, 6.45) is -0.481. The Morgan fingerprint density at radius 1 is 1.55 bits per heavy atom. The molecule has 1 aliphatic heterocycles. The van der Waals surface area contributed by atoms with E-state index < -0.39 is 11.7 Å². The highest BCUT2D eigenvalue weighted by molar-refractivity contribution is 8.00. The molecule has 0 aromatic rings. The second kappa shape index (κ2) is 6.49. The normalized spacial score (nSPS) is 21.7. The average molecular weight is 320 g/mol. The molecule has 1 heterocycles. The van der Waals surface area contributed by atoms with Crippen LogP contribution in [-0.4, -0.2) is 56.5 Å². The molecule has 1 aliphatic rings. The van der Waals surface area contributed by atoms with Gasteiger partial charge in [-0.3, -0.25) is 0 Å². The summed E-state index contributed by atoms with van der Waals surface area (Å²) < 4.78 is 5.17. The van der Waals surface area contributed by atoms with Crippen molar-refractivity contribution in [3.8, 4) is 0 Å². The molecule has 0 saturated carbocycles. The van der Waals surface area contributed by atoms with Gasteiger partial charge in [0.25, 0.3) is 0 Å². The van der Waals surface area contributed by atoms with E-state index in [2.05, 4.69) is 19.2 Å². The zero-order chi connectivity index (χ0) is 15.6. The number of rotatable bonds is 3. The van der Waals surface area contributed by atoms with E-state index in [1.165, 1.54) is 0 Å². The van der Waals surface area contributed by atoms with Crippen LogP contribution in [0.4, 0.5) is 4.79 Å². The fourth-order valence-electron chi connectivity index (χ4n) is 2.01. The number of nitrogens with zero attached hydrogens (tertiary/aromatic N) is 1. The first kappa shape index (κ1) is 17.5. The van der Waals surface area contributed by atoms with Crippen molar-refractivity contribution in [2.75, 3.05) is 18.9 Å². The predicted octanol–water partition coefficient (Wildman–Crippen LogP) is 1.98. The van der Waals surface area contributed by atoms with Crippen LogP contribution in [0.5, 0.6) is 0 Å². The van der Waals surface area contributed by atoms with Crippen molar-refractivity contribution in [1.82, 2.24) is 10.2 Å². The van der Waals surface area contributed by atoms with Gasteiger partial charge in [-0.1, -0.05) is 12.2 Å². The number of hydrogen-bond acceptors (Lipinski definition) is 5. The third-order valence-electron chi connectivity index (χ3n) is 2.78. The number of carbonyl (C=O) groups is 1. The molecule has 1 unspecified atom stereocenters. The molecule has 2 N–H and O–H groups in total. The lowest BCUT2D eigenvalue weighted by molar-refractivity contribution is 0.0533. The van der Waals surface area contributed by atoms with Crippen molar-refractivity contribution in [2.24, 2.45) is 0 Å². The summed E-state index contributed by atoms with van der Waals surface area (Å²) >= 11 is 7.07. The molecule has 0 aromatic carbocycles. The molecular formula is C13H24N2O3S2. The Morgan fingerprint density at radius 2 is 2.15 bits per heavy atom. The minimum Gasteiger partial charge on any atom is -0.444 e. The summed E-state index contributed by atoms with van der Waals surface area (Å²) in [6, 6.07) is 0. The molecular weight excluding hydrogens is 296 g/mol. The van der Waals surface area contributed by atoms with Crippen LogP contribution in [0, 0.1) is 0 Å². The van der Waals surface area contributed by atoms with Gasteiger partial charge in [-0.2, -0.15) is 0 Å². The van der Waals surface area contributed by atoms with E-state index in [0.29, 0.717) is 4.99 Å². The Kier molecular flexibility index (Phi) is 5.69. The largest absolute Gasteiger partial charge is 0.444 e. The van der Waals surface area contributed by atoms with Crippen molar-refractivity contribution in [3.63, 3.8) is 0 Å². The van der Waals surface area contributed by atoms with Gasteiger partial charge in [0, 0.05) is 11.3 Å². The van der Waals surface area contributed by atoms with Crippen LogP contribution in [0.25, 0.3) is 0 Å². The van der Waals surface area contributed by atoms with Gasteiger partial charge < -0.3 is 20.1 Å². The number of thioether (sulfide) groups is 1. The van der Waals surface area contributed by atoms with E-state index in [1.807, 2.05) is 25.7 Å². The van der Waals surface area contributed by atoms with Crippen LogP contribution in [-0.2, 0) is 4.74 Å². The summed E-state index contributed by atoms with van der Waals surface area (Å²) in [5.74, 6) is 0.894. The first-order chi connectivity index (χ1) is 9.07. The molecule has 7 heteroatoms. The van der Waals surface area contributed by atoms with Crippen molar-refractivity contribution in [2.45, 2.75) is 51.1 Å². The molecule has 1 saturated heterocycles. The molecule has 0 bridgehead atoms. The summed E-state index contributed by atoms with van der Waals surface area (Å²) in [6.45, 7) is 9.88. The molecule has 0 spiro atoms. The van der Waals surface area contributed by atoms with Crippen LogP contribution >= 0.6 is 24.0 Å². The minimum absolute atomic E-state index is 0.0423. The molecule has 0 aliphatic carbocycles. The molecule has 1 fully saturated rings. The molecule has 20 heavy (non-hydrogen) atoms. The monoisotopic (exact) mass is 320 g/mol. The molecule has 1 rings (SSSR count). The molecule has 1 amide bonds. The van der Waals surface area contributed by atoms with E-state index in [9.17, 15) is 9.90 Å². The van der Waals surface area contributed by atoms with Gasteiger partial charge >= 0.3 is 6.09 Å².